The molecule has 23 nitrogen and oxygen atoms in total. The van der Waals surface area contributed by atoms with Crippen LogP contribution in [0, 0.1) is 0 Å². The van der Waals surface area contributed by atoms with E-state index in [1.54, 1.807) is 30.5 Å². The number of aromatic hydroxyl groups is 2. The molecular weight excluding hydrogens is 929 g/mol. The van der Waals surface area contributed by atoms with Gasteiger partial charge < -0.3 is 75.8 Å². The summed E-state index contributed by atoms with van der Waals surface area (Å²) in [6.45, 7) is 1.71. The molecule has 7 amide bonds. The van der Waals surface area contributed by atoms with Crippen LogP contribution in [0.1, 0.15) is 75.0 Å². The van der Waals surface area contributed by atoms with Crippen LogP contribution in [0.15, 0.2) is 89.0 Å². The number of phenolic OH excluding ortho intramolecular Hbond substituents is 2. The number of phenols is 2. The Bertz CT molecular complexity index is 2510. The van der Waals surface area contributed by atoms with Crippen LogP contribution in [0.3, 0.4) is 0 Å². The van der Waals surface area contributed by atoms with Crippen LogP contribution in [0.2, 0.25) is 0 Å². The molecule has 5 atom stereocenters. The monoisotopic (exact) mass is 997 g/mol. The molecule has 0 saturated heterocycles. The van der Waals surface area contributed by atoms with Crippen LogP contribution in [0.25, 0.3) is 10.9 Å². The molecular formula is C49H68N14O9. The van der Waals surface area contributed by atoms with Gasteiger partial charge in [-0.3, -0.25) is 43.5 Å². The lowest BCUT2D eigenvalue weighted by Gasteiger charge is -2.27. The minimum atomic E-state index is -1.42. The second kappa shape index (κ2) is 29.0. The Kier molecular flexibility index (Phi) is 22.6. The molecule has 0 bridgehead atoms. The molecule has 388 valence electrons. The lowest BCUT2D eigenvalue weighted by molar-refractivity contribution is -0.135. The van der Waals surface area contributed by atoms with Gasteiger partial charge in [0.15, 0.2) is 11.9 Å². The zero-order valence-electron chi connectivity index (χ0n) is 40.3. The second-order valence-electron chi connectivity index (χ2n) is 17.3. The van der Waals surface area contributed by atoms with E-state index in [0.717, 1.165) is 16.5 Å². The van der Waals surface area contributed by atoms with Crippen molar-refractivity contribution in [1.82, 2.24) is 36.9 Å². The maximum absolute atomic E-state index is 14.6. The number of unbranched alkanes of at least 4 members (excludes halogenated alkanes) is 2. The number of aromatic amines is 1. The van der Waals surface area contributed by atoms with Gasteiger partial charge in [0.25, 0.3) is 0 Å². The Morgan fingerprint density at radius 2 is 1.00 bits per heavy atom. The number of rotatable bonds is 30. The number of primary amides is 1. The van der Waals surface area contributed by atoms with E-state index in [2.05, 4.69) is 46.9 Å². The first-order valence-electron chi connectivity index (χ1n) is 23.6. The van der Waals surface area contributed by atoms with Gasteiger partial charge in [-0.1, -0.05) is 48.9 Å². The number of aliphatic imine (C=N–C) groups is 2. The topological polar surface area (TPSA) is 403 Å². The van der Waals surface area contributed by atoms with Gasteiger partial charge in [0, 0.05) is 69.3 Å². The molecule has 1 aromatic heterocycles. The Morgan fingerprint density at radius 1 is 0.542 bits per heavy atom. The predicted molar refractivity (Wildman–Crippen MR) is 271 cm³/mol. The number of nitrogens with one attached hydrogen (secondary N) is 7. The molecule has 0 spiro atoms. The van der Waals surface area contributed by atoms with E-state index < -0.39 is 71.6 Å². The summed E-state index contributed by atoms with van der Waals surface area (Å²) in [6, 6.07) is 12.9. The number of fused-ring (bicyclic) bond motifs is 1. The number of guanidine groups is 2. The summed E-state index contributed by atoms with van der Waals surface area (Å²) in [5.41, 5.74) is 29.9. The molecule has 72 heavy (non-hydrogen) atoms. The third-order valence-corrected chi connectivity index (χ3v) is 11.4. The van der Waals surface area contributed by atoms with Crippen molar-refractivity contribution in [3.8, 4) is 11.5 Å². The first-order valence-corrected chi connectivity index (χ1v) is 23.6. The highest BCUT2D eigenvalue weighted by molar-refractivity contribution is 5.97. The Morgan fingerprint density at radius 3 is 1.49 bits per heavy atom. The number of para-hydroxylation sites is 1. The van der Waals surface area contributed by atoms with E-state index in [1.165, 1.54) is 31.2 Å². The molecule has 0 unspecified atom stereocenters. The Labute approximate surface area is 417 Å². The van der Waals surface area contributed by atoms with Gasteiger partial charge in [-0.15, -0.1) is 0 Å². The molecule has 4 rings (SSSR count). The van der Waals surface area contributed by atoms with Crippen molar-refractivity contribution in [2.45, 2.75) is 108 Å². The molecule has 1 heterocycles. The van der Waals surface area contributed by atoms with Crippen LogP contribution in [-0.2, 0) is 52.8 Å². The lowest BCUT2D eigenvalue weighted by Crippen LogP contribution is -2.60. The largest absolute Gasteiger partial charge is 0.508 e. The first kappa shape index (κ1) is 56.2. The fraction of sp³-hybridized carbons (Fsp3) is 0.408. The second-order valence-corrected chi connectivity index (χ2v) is 17.3. The van der Waals surface area contributed by atoms with Crippen molar-refractivity contribution in [3.05, 3.63) is 95.7 Å². The van der Waals surface area contributed by atoms with E-state index >= 15 is 0 Å². The van der Waals surface area contributed by atoms with E-state index in [-0.39, 0.29) is 94.4 Å². The minimum Gasteiger partial charge on any atom is -0.508 e. The summed E-state index contributed by atoms with van der Waals surface area (Å²) in [5.74, 6) is -4.98. The Balaban J connectivity index is 1.66. The Hall–Kier alpha value is -8.37. The van der Waals surface area contributed by atoms with Crippen LogP contribution < -0.4 is 60.6 Å². The van der Waals surface area contributed by atoms with Crippen LogP contribution in [0.4, 0.5) is 0 Å². The maximum Gasteiger partial charge on any atom is 0.243 e. The summed E-state index contributed by atoms with van der Waals surface area (Å²) in [7, 11) is 0. The third-order valence-electron chi connectivity index (χ3n) is 11.4. The molecule has 0 fully saturated rings. The normalized spacial score (nSPS) is 13.0. The molecule has 0 saturated carbocycles. The van der Waals surface area contributed by atoms with Crippen molar-refractivity contribution >= 4 is 64.2 Å². The van der Waals surface area contributed by atoms with E-state index in [9.17, 15) is 43.8 Å². The van der Waals surface area contributed by atoms with Gasteiger partial charge in [0.05, 0.1) is 0 Å². The highest BCUT2D eigenvalue weighted by Crippen LogP contribution is 2.20. The van der Waals surface area contributed by atoms with Gasteiger partial charge in [0.1, 0.15) is 41.7 Å². The maximum atomic E-state index is 14.6. The number of benzene rings is 3. The van der Waals surface area contributed by atoms with Crippen LogP contribution in [-0.4, -0.2) is 118 Å². The van der Waals surface area contributed by atoms with E-state index in [4.69, 9.17) is 28.7 Å². The number of hydrogen-bond acceptors (Lipinski definition) is 11. The van der Waals surface area contributed by atoms with E-state index in [1.807, 2.05) is 24.3 Å². The fourth-order valence-corrected chi connectivity index (χ4v) is 7.70. The van der Waals surface area contributed by atoms with Crippen molar-refractivity contribution in [3.63, 3.8) is 0 Å². The van der Waals surface area contributed by atoms with E-state index in [0.29, 0.717) is 30.4 Å². The van der Waals surface area contributed by atoms with Crippen molar-refractivity contribution in [2.24, 2.45) is 38.7 Å². The number of nitrogens with zero attached hydrogens (tertiary/aromatic N) is 2. The van der Waals surface area contributed by atoms with Crippen LogP contribution in [0.5, 0.6) is 11.5 Å². The summed E-state index contributed by atoms with van der Waals surface area (Å²) >= 11 is 0. The van der Waals surface area contributed by atoms with Gasteiger partial charge in [-0.25, -0.2) is 0 Å². The molecule has 0 aliphatic rings. The summed E-state index contributed by atoms with van der Waals surface area (Å²) in [4.78, 5) is 106. The van der Waals surface area contributed by atoms with Gasteiger partial charge in [-0.05, 0) is 85.5 Å². The number of nitrogens with two attached hydrogens (primary N) is 5. The van der Waals surface area contributed by atoms with Gasteiger partial charge >= 0.3 is 0 Å². The quantitative estimate of drug-likeness (QED) is 0.0175. The molecule has 19 N–H and O–H groups in total. The average Bonchev–Trinajstić information content (AvgIpc) is 3.74. The average molecular weight is 997 g/mol. The zero-order chi connectivity index (χ0) is 52.6. The van der Waals surface area contributed by atoms with Crippen molar-refractivity contribution < 1.29 is 43.8 Å². The molecule has 0 aliphatic carbocycles. The molecule has 0 radical (unpaired) electrons. The van der Waals surface area contributed by atoms with Crippen molar-refractivity contribution in [1.29, 1.82) is 0 Å². The highest BCUT2D eigenvalue weighted by atomic mass is 16.3. The number of aromatic nitrogens is 1. The number of carbonyl (C=O) groups is 7. The zero-order valence-corrected chi connectivity index (χ0v) is 40.3. The molecule has 0 aliphatic heterocycles. The van der Waals surface area contributed by atoms with Gasteiger partial charge in [0.2, 0.25) is 41.4 Å². The third kappa shape index (κ3) is 19.9. The summed E-state index contributed by atoms with van der Waals surface area (Å²) < 4.78 is 0. The predicted octanol–water partition coefficient (Wildman–Crippen LogP) is -0.680. The number of H-pyrrole nitrogens is 1. The summed E-state index contributed by atoms with van der Waals surface area (Å²) in [6.07, 6.45) is 3.99. The summed E-state index contributed by atoms with van der Waals surface area (Å²) in [5, 5.41) is 37.4. The number of amides is 7. The standard InChI is InChI=1S/C49H68N14O9/c1-29(64)59-37(11-7-23-56-48(51)52)44(69)61-40(26-31-16-20-34(66)21-17-31)47(72)62-39(25-30-14-18-33(65)19-15-30)46(71)60-38(12-8-24-57-49(53)54)45(70)63-41(43(68)55-22-6-2-3-13-42(50)67)27-32-28-58-36-10-5-4-9-35(32)36/h4-5,9-10,14-21,28,37-41,58,65-66H,2-3,6-8,11-13,22-27H2,1H3,(H2,50,67)(H,55,68)(H,59,64)(H,60,71)(H,61,69)(H,62,72)(H,63,70)(H4,51,52,56)(H4,53,54,57)/t37-,38-,39-,40-,41-/m0/s1. The molecule has 3 aromatic carbocycles. The SMILES string of the molecule is CC(=O)N[C@@H](CCCN=C(N)N)C(=O)N[C@@H](Cc1ccc(O)cc1)C(=O)N[C@@H](Cc1ccc(O)cc1)C(=O)N[C@@H](CCCN=C(N)N)C(=O)N[C@@H](Cc1c[nH]c2ccccc12)C(=O)NCCCCCC(N)=O. The molecule has 4 aromatic rings. The number of hydrogen-bond donors (Lipinski definition) is 14. The van der Waals surface area contributed by atoms with Crippen LogP contribution >= 0.6 is 0 Å². The number of carbonyl (C=O) groups excluding carboxylic acids is 7. The first-order chi connectivity index (χ1) is 34.4. The smallest absolute Gasteiger partial charge is 0.243 e. The lowest BCUT2D eigenvalue weighted by atomic mass is 10.0. The van der Waals surface area contributed by atoms with Gasteiger partial charge in [-0.2, -0.15) is 0 Å². The highest BCUT2D eigenvalue weighted by Gasteiger charge is 2.33. The fourth-order valence-electron chi connectivity index (χ4n) is 7.70. The molecule has 23 heteroatoms. The minimum absolute atomic E-state index is 0.0250. The van der Waals surface area contributed by atoms with Crippen molar-refractivity contribution in [2.75, 3.05) is 19.6 Å².